The Hall–Kier alpha value is -3.41. The Bertz CT molecular complexity index is 2030. The summed E-state index contributed by atoms with van der Waals surface area (Å²) in [5.41, 5.74) is 5.53. The van der Waals surface area contributed by atoms with E-state index in [-0.39, 0.29) is 22.7 Å². The van der Waals surface area contributed by atoms with Crippen LogP contribution in [0.5, 0.6) is 5.75 Å². The first-order valence-corrected chi connectivity index (χ1v) is 20.0. The number of nitrogens with zero attached hydrogens (tertiary/aromatic N) is 3. The Kier molecular flexibility index (Phi) is 7.18. The molecule has 3 saturated heterocycles. The van der Waals surface area contributed by atoms with Crippen LogP contribution in [-0.2, 0) is 21.4 Å². The van der Waals surface area contributed by atoms with Gasteiger partial charge >= 0.3 is 0 Å². The van der Waals surface area contributed by atoms with E-state index in [0.29, 0.717) is 18.0 Å². The largest absolute Gasteiger partial charge is 0.497 e. The van der Waals surface area contributed by atoms with Crippen LogP contribution in [0, 0.1) is 16.2 Å². The second-order valence-corrected chi connectivity index (χ2v) is 19.0. The molecule has 50 heavy (non-hydrogen) atoms. The minimum atomic E-state index is -3.81. The van der Waals surface area contributed by atoms with Crippen LogP contribution in [-0.4, -0.2) is 93.3 Å². The number of fused-ring (bicyclic) bond motifs is 7. The number of aromatic nitrogens is 1. The maximum Gasteiger partial charge on any atom is 0.264 e. The lowest BCUT2D eigenvalue weighted by molar-refractivity contribution is -0.137. The average Bonchev–Trinajstić information content (AvgIpc) is 3.32. The van der Waals surface area contributed by atoms with Crippen molar-refractivity contribution in [3.05, 3.63) is 53.1 Å². The third kappa shape index (κ3) is 4.54. The number of ether oxygens (including phenoxy) is 1. The molecule has 2 amide bonds. The van der Waals surface area contributed by atoms with Crippen LogP contribution in [0.1, 0.15) is 85.7 Å². The van der Waals surface area contributed by atoms with Crippen LogP contribution in [0.15, 0.2) is 36.4 Å². The normalized spacial score (nSPS) is 30.4. The Morgan fingerprint density at radius 1 is 0.960 bits per heavy atom. The lowest BCUT2D eigenvalue weighted by Gasteiger charge is -2.29. The molecule has 266 valence electrons. The Morgan fingerprint density at radius 2 is 1.68 bits per heavy atom. The van der Waals surface area contributed by atoms with E-state index in [1.165, 1.54) is 30.4 Å². The topological polar surface area (TPSA) is 113 Å². The summed E-state index contributed by atoms with van der Waals surface area (Å²) in [6.07, 6.45) is 6.55. The molecule has 2 aromatic carbocycles. The molecule has 0 spiro atoms. The Morgan fingerprint density at radius 3 is 2.36 bits per heavy atom. The first-order chi connectivity index (χ1) is 23.9. The van der Waals surface area contributed by atoms with Gasteiger partial charge in [-0.25, -0.2) is 13.1 Å². The second-order valence-electron chi connectivity index (χ2n) is 16.8. The zero-order valence-corrected chi connectivity index (χ0v) is 30.5. The lowest BCUT2D eigenvalue weighted by Crippen LogP contribution is -2.44. The van der Waals surface area contributed by atoms with Crippen molar-refractivity contribution in [1.82, 2.24) is 24.4 Å². The quantitative estimate of drug-likeness (QED) is 0.384. The van der Waals surface area contributed by atoms with Crippen molar-refractivity contribution in [1.29, 1.82) is 0 Å². The van der Waals surface area contributed by atoms with Crippen molar-refractivity contribution in [3.63, 3.8) is 0 Å². The maximum absolute atomic E-state index is 15.2. The van der Waals surface area contributed by atoms with Gasteiger partial charge < -0.3 is 24.4 Å². The molecule has 4 aliphatic heterocycles. The fourth-order valence-corrected chi connectivity index (χ4v) is 11.6. The summed E-state index contributed by atoms with van der Waals surface area (Å²) in [6, 6.07) is 12.0. The molecule has 6 aliphatic rings. The van der Waals surface area contributed by atoms with Gasteiger partial charge in [-0.3, -0.25) is 9.59 Å². The van der Waals surface area contributed by atoms with E-state index in [1.807, 2.05) is 18.2 Å². The van der Waals surface area contributed by atoms with E-state index < -0.39 is 26.6 Å². The number of carbonyl (C=O) groups excluding carboxylic acids is 2. The zero-order chi connectivity index (χ0) is 34.8. The molecule has 1 aromatic heterocycles. The SMILES string of the molecule is COc1ccc2c(c1)[C@@H]1CC1(C(=O)N1CC34CNCC3(CN(C)C4)C1)Cn1c-2c(C2CCCCC2)c2ccc(C(=O)NS(=O)(=O)C(C)C)cc21. The van der Waals surface area contributed by atoms with Gasteiger partial charge in [0, 0.05) is 84.6 Å². The summed E-state index contributed by atoms with van der Waals surface area (Å²) >= 11 is 0. The van der Waals surface area contributed by atoms with Gasteiger partial charge in [0.2, 0.25) is 15.9 Å². The molecule has 9 rings (SSSR count). The summed E-state index contributed by atoms with van der Waals surface area (Å²) < 4.78 is 35.8. The molecular formula is C39H49N5O5S. The van der Waals surface area contributed by atoms with Gasteiger partial charge in [0.1, 0.15) is 5.75 Å². The van der Waals surface area contributed by atoms with Crippen molar-refractivity contribution in [2.75, 3.05) is 53.4 Å². The summed E-state index contributed by atoms with van der Waals surface area (Å²) in [5, 5.41) is 4.03. The molecule has 2 saturated carbocycles. The molecule has 2 N–H and O–H groups in total. The fraction of sp³-hybridized carbons (Fsp3) is 0.590. The van der Waals surface area contributed by atoms with Gasteiger partial charge in [-0.2, -0.15) is 0 Å². The first-order valence-electron chi connectivity index (χ1n) is 18.5. The van der Waals surface area contributed by atoms with Crippen LogP contribution in [0.2, 0.25) is 0 Å². The number of nitrogens with one attached hydrogen (secondary N) is 2. The number of methoxy groups -OCH3 is 1. The van der Waals surface area contributed by atoms with E-state index in [0.717, 1.165) is 86.4 Å². The molecule has 10 nitrogen and oxygen atoms in total. The lowest BCUT2D eigenvalue weighted by atomic mass is 9.71. The molecular weight excluding hydrogens is 651 g/mol. The highest BCUT2D eigenvalue weighted by molar-refractivity contribution is 7.90. The standard InChI is InChI=1S/C39H49N5O5S/c1-24(2)50(47,48)41-35(45)26-10-12-29-32(14-26)44-23-39(36(46)43-21-37-17-40-18-38(37,22-43)20-42(3)19-37)16-31(39)30-15-27(49-4)11-13-28(30)34(44)33(29)25-8-6-5-7-9-25/h10-15,24-25,31,40H,5-9,16-23H2,1-4H3,(H,41,45)/t31-,37?,38?,39?/m0/s1. The highest BCUT2D eigenvalue weighted by Gasteiger charge is 2.69. The van der Waals surface area contributed by atoms with Crippen LogP contribution in [0.4, 0.5) is 0 Å². The first kappa shape index (κ1) is 32.5. The summed E-state index contributed by atoms with van der Waals surface area (Å²) in [6.45, 7) is 9.13. The Labute approximate surface area is 294 Å². The average molecular weight is 700 g/mol. The minimum Gasteiger partial charge on any atom is -0.497 e. The number of likely N-dealkylation sites (tertiary alicyclic amines) is 2. The number of amides is 2. The van der Waals surface area contributed by atoms with Crippen molar-refractivity contribution < 1.29 is 22.7 Å². The molecule has 11 heteroatoms. The van der Waals surface area contributed by atoms with Crippen LogP contribution in [0.25, 0.3) is 22.2 Å². The number of sulfonamides is 1. The van der Waals surface area contributed by atoms with Crippen molar-refractivity contribution in [2.45, 2.75) is 76.0 Å². The van der Waals surface area contributed by atoms with Crippen LogP contribution < -0.4 is 14.8 Å². The molecule has 5 fully saturated rings. The number of benzene rings is 2. The summed E-state index contributed by atoms with van der Waals surface area (Å²) in [5.74, 6) is 0.840. The summed E-state index contributed by atoms with van der Waals surface area (Å²) in [7, 11) is 0.102. The highest BCUT2D eigenvalue weighted by atomic mass is 32.2. The van der Waals surface area contributed by atoms with Gasteiger partial charge in [-0.1, -0.05) is 25.3 Å². The van der Waals surface area contributed by atoms with Crippen molar-refractivity contribution >= 4 is 32.7 Å². The third-order valence-electron chi connectivity index (χ3n) is 13.5. The smallest absolute Gasteiger partial charge is 0.264 e. The van der Waals surface area contributed by atoms with Crippen LogP contribution in [0.3, 0.4) is 0 Å². The Balaban J connectivity index is 1.20. The monoisotopic (exact) mass is 699 g/mol. The van der Waals surface area contributed by atoms with Crippen molar-refractivity contribution in [2.24, 2.45) is 16.2 Å². The van der Waals surface area contributed by atoms with Gasteiger partial charge in [0.15, 0.2) is 0 Å². The molecule has 3 aromatic rings. The highest BCUT2D eigenvalue weighted by Crippen LogP contribution is 2.67. The molecule has 5 heterocycles. The van der Waals surface area contributed by atoms with E-state index in [1.54, 1.807) is 27.0 Å². The van der Waals surface area contributed by atoms with Gasteiger partial charge in [0.25, 0.3) is 5.91 Å². The second kappa shape index (κ2) is 11.0. The van der Waals surface area contributed by atoms with Gasteiger partial charge in [-0.15, -0.1) is 0 Å². The molecule has 2 aliphatic carbocycles. The summed E-state index contributed by atoms with van der Waals surface area (Å²) in [4.78, 5) is 33.3. The molecule has 0 radical (unpaired) electrons. The number of hydrogen-bond acceptors (Lipinski definition) is 7. The van der Waals surface area contributed by atoms with E-state index in [9.17, 15) is 13.2 Å². The number of carbonyl (C=O) groups is 2. The minimum absolute atomic E-state index is 0.0630. The predicted molar refractivity (Wildman–Crippen MR) is 193 cm³/mol. The number of rotatable bonds is 6. The van der Waals surface area contributed by atoms with Crippen LogP contribution >= 0.6 is 0 Å². The third-order valence-corrected chi connectivity index (χ3v) is 15.2. The number of hydrogen-bond donors (Lipinski definition) is 2. The van der Waals surface area contributed by atoms with E-state index in [4.69, 9.17) is 4.74 Å². The fourth-order valence-electron chi connectivity index (χ4n) is 11.0. The van der Waals surface area contributed by atoms with E-state index >= 15 is 4.79 Å². The molecule has 4 atom stereocenters. The zero-order valence-electron chi connectivity index (χ0n) is 29.7. The van der Waals surface area contributed by atoms with Crippen molar-refractivity contribution in [3.8, 4) is 17.0 Å². The van der Waals surface area contributed by atoms with Gasteiger partial charge in [0.05, 0.1) is 23.5 Å². The molecule has 0 bridgehead atoms. The maximum atomic E-state index is 15.2. The van der Waals surface area contributed by atoms with E-state index in [2.05, 4.69) is 43.6 Å². The van der Waals surface area contributed by atoms with Gasteiger partial charge in [-0.05, 0) is 87.5 Å². The molecule has 3 unspecified atom stereocenters. The predicted octanol–water partition coefficient (Wildman–Crippen LogP) is 4.68.